The molecule has 2 rings (SSSR count). The first-order valence-electron chi connectivity index (χ1n) is 7.57. The summed E-state index contributed by atoms with van der Waals surface area (Å²) in [4.78, 5) is 25.8. The van der Waals surface area contributed by atoms with E-state index in [0.717, 1.165) is 12.8 Å². The van der Waals surface area contributed by atoms with Gasteiger partial charge in [-0.05, 0) is 46.0 Å². The minimum Gasteiger partial charge on any atom is -0.348 e. The van der Waals surface area contributed by atoms with Crippen LogP contribution < -0.4 is 5.32 Å². The number of nitrogens with one attached hydrogen (secondary N) is 1. The van der Waals surface area contributed by atoms with Gasteiger partial charge in [-0.25, -0.2) is 0 Å². The zero-order valence-corrected chi connectivity index (χ0v) is 13.1. The van der Waals surface area contributed by atoms with Crippen LogP contribution in [0.25, 0.3) is 0 Å². The summed E-state index contributed by atoms with van der Waals surface area (Å²) in [6, 6.07) is 7.47. The van der Waals surface area contributed by atoms with Crippen LogP contribution >= 0.6 is 0 Å². The van der Waals surface area contributed by atoms with Gasteiger partial charge in [0, 0.05) is 23.2 Å². The van der Waals surface area contributed by atoms with Crippen LogP contribution in [0.15, 0.2) is 24.3 Å². The number of nitrogens with zero attached hydrogens (tertiary/aromatic N) is 1. The molecule has 0 spiro atoms. The molecule has 2 unspecified atom stereocenters. The predicted octanol–water partition coefficient (Wildman–Crippen LogP) is 2.49. The van der Waals surface area contributed by atoms with Crippen molar-refractivity contribution in [2.45, 2.75) is 44.7 Å². The molecule has 0 bridgehead atoms. The van der Waals surface area contributed by atoms with Gasteiger partial charge in [0.2, 0.25) is 0 Å². The van der Waals surface area contributed by atoms with Crippen molar-refractivity contribution >= 4 is 11.7 Å². The van der Waals surface area contributed by atoms with E-state index in [2.05, 4.69) is 24.3 Å². The Morgan fingerprint density at radius 2 is 1.62 bits per heavy atom. The van der Waals surface area contributed by atoms with Gasteiger partial charge in [0.05, 0.1) is 0 Å². The largest absolute Gasteiger partial charge is 0.348 e. The normalized spacial score (nSPS) is 22.1. The van der Waals surface area contributed by atoms with Gasteiger partial charge in [-0.2, -0.15) is 0 Å². The number of benzene rings is 1. The lowest BCUT2D eigenvalue weighted by molar-refractivity contribution is 0.0882. The average Bonchev–Trinajstić information content (AvgIpc) is 2.47. The van der Waals surface area contributed by atoms with Crippen molar-refractivity contribution in [3.05, 3.63) is 35.4 Å². The highest BCUT2D eigenvalue weighted by Crippen LogP contribution is 2.22. The van der Waals surface area contributed by atoms with Crippen LogP contribution in [-0.4, -0.2) is 42.8 Å². The predicted molar refractivity (Wildman–Crippen MR) is 83.6 cm³/mol. The maximum atomic E-state index is 12.3. The topological polar surface area (TPSA) is 49.4 Å². The molecule has 1 aromatic carbocycles. The lowest BCUT2D eigenvalue weighted by Crippen LogP contribution is -2.51. The highest BCUT2D eigenvalue weighted by molar-refractivity contribution is 5.97. The van der Waals surface area contributed by atoms with E-state index in [0.29, 0.717) is 17.2 Å². The second-order valence-electron chi connectivity index (χ2n) is 6.03. The van der Waals surface area contributed by atoms with Gasteiger partial charge in [-0.1, -0.05) is 25.0 Å². The first-order chi connectivity index (χ1) is 9.99. The molecule has 0 aliphatic heterocycles. The Bertz CT molecular complexity index is 508. The average molecular weight is 288 g/mol. The second-order valence-corrected chi connectivity index (χ2v) is 6.03. The monoisotopic (exact) mass is 288 g/mol. The Morgan fingerprint density at radius 1 is 1.05 bits per heavy atom. The van der Waals surface area contributed by atoms with Crippen molar-refractivity contribution in [3.8, 4) is 0 Å². The second kappa shape index (κ2) is 6.85. The first kappa shape index (κ1) is 15.7. The quantitative estimate of drug-likeness (QED) is 0.866. The SMILES string of the molecule is CC(=O)c1ccc(C(=O)NC2CCCCC2N(C)C)cc1. The van der Waals surface area contributed by atoms with Crippen LogP contribution in [0.1, 0.15) is 53.3 Å². The van der Waals surface area contributed by atoms with Gasteiger partial charge in [-0.3, -0.25) is 9.59 Å². The fourth-order valence-electron chi connectivity index (χ4n) is 3.01. The molecular weight excluding hydrogens is 264 g/mol. The molecule has 1 aromatic rings. The molecule has 1 fully saturated rings. The molecule has 1 aliphatic rings. The molecule has 0 saturated heterocycles. The standard InChI is InChI=1S/C17H24N2O2/c1-12(20)13-8-10-14(11-9-13)17(21)18-15-6-4-5-7-16(15)19(2)3/h8-11,15-16H,4-7H2,1-3H3,(H,18,21). The third-order valence-corrected chi connectivity index (χ3v) is 4.26. The number of carbonyl (C=O) groups is 2. The van der Waals surface area contributed by atoms with Crippen molar-refractivity contribution in [2.75, 3.05) is 14.1 Å². The van der Waals surface area contributed by atoms with E-state index in [-0.39, 0.29) is 17.7 Å². The van der Waals surface area contributed by atoms with Gasteiger partial charge in [0.15, 0.2) is 5.78 Å². The molecule has 0 heterocycles. The molecule has 1 aliphatic carbocycles. The summed E-state index contributed by atoms with van der Waals surface area (Å²) >= 11 is 0. The summed E-state index contributed by atoms with van der Waals surface area (Å²) in [5, 5.41) is 3.15. The molecule has 4 heteroatoms. The molecule has 1 N–H and O–H groups in total. The van der Waals surface area contributed by atoms with Crippen LogP contribution in [-0.2, 0) is 0 Å². The molecule has 21 heavy (non-hydrogen) atoms. The molecule has 2 atom stereocenters. The lowest BCUT2D eigenvalue weighted by atomic mass is 9.89. The zero-order chi connectivity index (χ0) is 15.4. The van der Waals surface area contributed by atoms with E-state index in [1.165, 1.54) is 19.8 Å². The van der Waals surface area contributed by atoms with E-state index in [9.17, 15) is 9.59 Å². The van der Waals surface area contributed by atoms with E-state index < -0.39 is 0 Å². The highest BCUT2D eigenvalue weighted by Gasteiger charge is 2.28. The van der Waals surface area contributed by atoms with Gasteiger partial charge in [0.25, 0.3) is 5.91 Å². The lowest BCUT2D eigenvalue weighted by Gasteiger charge is -2.36. The molecule has 1 saturated carbocycles. The van der Waals surface area contributed by atoms with Crippen molar-refractivity contribution in [2.24, 2.45) is 0 Å². The Morgan fingerprint density at radius 3 is 2.19 bits per heavy atom. The Balaban J connectivity index is 2.04. The number of carbonyl (C=O) groups excluding carboxylic acids is 2. The zero-order valence-electron chi connectivity index (χ0n) is 13.1. The Kier molecular flexibility index (Phi) is 5.12. The minimum absolute atomic E-state index is 0.0157. The summed E-state index contributed by atoms with van der Waals surface area (Å²) in [7, 11) is 4.13. The number of hydrogen-bond acceptors (Lipinski definition) is 3. The Labute approximate surface area is 126 Å². The van der Waals surface area contributed by atoms with Gasteiger partial charge < -0.3 is 10.2 Å². The van der Waals surface area contributed by atoms with Crippen molar-refractivity contribution in [3.63, 3.8) is 0 Å². The third kappa shape index (κ3) is 3.91. The van der Waals surface area contributed by atoms with Crippen molar-refractivity contribution < 1.29 is 9.59 Å². The number of Topliss-reactive ketones (excluding diaryl/α,β-unsaturated/α-hetero) is 1. The maximum Gasteiger partial charge on any atom is 0.251 e. The van der Waals surface area contributed by atoms with Crippen molar-refractivity contribution in [1.29, 1.82) is 0 Å². The smallest absolute Gasteiger partial charge is 0.251 e. The molecule has 0 radical (unpaired) electrons. The number of ketones is 1. The van der Waals surface area contributed by atoms with Gasteiger partial charge >= 0.3 is 0 Å². The summed E-state index contributed by atoms with van der Waals surface area (Å²) in [5.41, 5.74) is 1.25. The van der Waals surface area contributed by atoms with Crippen LogP contribution in [0.4, 0.5) is 0 Å². The first-order valence-corrected chi connectivity index (χ1v) is 7.57. The minimum atomic E-state index is -0.0520. The number of likely N-dealkylation sites (N-methyl/N-ethyl adjacent to an activating group) is 1. The number of amides is 1. The fraction of sp³-hybridized carbons (Fsp3) is 0.529. The highest BCUT2D eigenvalue weighted by atomic mass is 16.1. The van der Waals surface area contributed by atoms with E-state index in [1.54, 1.807) is 24.3 Å². The van der Waals surface area contributed by atoms with Gasteiger partial charge in [-0.15, -0.1) is 0 Å². The number of hydrogen-bond donors (Lipinski definition) is 1. The van der Waals surface area contributed by atoms with Crippen LogP contribution in [0.5, 0.6) is 0 Å². The van der Waals surface area contributed by atoms with Crippen LogP contribution in [0.3, 0.4) is 0 Å². The maximum absolute atomic E-state index is 12.3. The van der Waals surface area contributed by atoms with Crippen LogP contribution in [0, 0.1) is 0 Å². The molecule has 4 nitrogen and oxygen atoms in total. The van der Waals surface area contributed by atoms with Gasteiger partial charge in [0.1, 0.15) is 0 Å². The summed E-state index contributed by atoms with van der Waals surface area (Å²) in [5.74, 6) is -0.0363. The van der Waals surface area contributed by atoms with E-state index in [4.69, 9.17) is 0 Å². The molecule has 114 valence electrons. The fourth-order valence-corrected chi connectivity index (χ4v) is 3.01. The van der Waals surface area contributed by atoms with Crippen LogP contribution in [0.2, 0.25) is 0 Å². The molecular formula is C17H24N2O2. The molecule has 0 aromatic heterocycles. The van der Waals surface area contributed by atoms with E-state index >= 15 is 0 Å². The third-order valence-electron chi connectivity index (χ3n) is 4.26. The summed E-state index contributed by atoms with van der Waals surface area (Å²) in [6.07, 6.45) is 4.54. The molecule has 1 amide bonds. The summed E-state index contributed by atoms with van der Waals surface area (Å²) < 4.78 is 0. The van der Waals surface area contributed by atoms with E-state index in [1.807, 2.05) is 0 Å². The number of rotatable bonds is 4. The summed E-state index contributed by atoms with van der Waals surface area (Å²) in [6.45, 7) is 1.53. The van der Waals surface area contributed by atoms with Crippen molar-refractivity contribution in [1.82, 2.24) is 10.2 Å². The Hall–Kier alpha value is -1.68.